The van der Waals surface area contributed by atoms with Crippen molar-refractivity contribution in [2.75, 3.05) is 26.2 Å². The van der Waals surface area contributed by atoms with Crippen LogP contribution in [0.1, 0.15) is 67.9 Å². The predicted molar refractivity (Wildman–Crippen MR) is 153 cm³/mol. The van der Waals surface area contributed by atoms with E-state index in [1.807, 2.05) is 19.1 Å². The second-order valence-corrected chi connectivity index (χ2v) is 10.6. The molecular weight excluding hydrogens is 459 g/mol. The van der Waals surface area contributed by atoms with Gasteiger partial charge in [0.15, 0.2) is 0 Å². The Balaban J connectivity index is 0.000000369. The van der Waals surface area contributed by atoms with Crippen molar-refractivity contribution in [3.05, 3.63) is 80.5 Å². The molecule has 0 radical (unpaired) electrons. The quantitative estimate of drug-likeness (QED) is 0.421. The molecule has 1 saturated heterocycles. The molecule has 0 bridgehead atoms. The zero-order valence-corrected chi connectivity index (χ0v) is 24.1. The number of benzene rings is 2. The van der Waals surface area contributed by atoms with Crippen LogP contribution in [-0.2, 0) is 6.42 Å². The van der Waals surface area contributed by atoms with Crippen LogP contribution >= 0.6 is 23.2 Å². The SMILES string of the molecule is C=C(C)NCC[NH+]1CCC(Cc2ccc(Cl)c(Cl)c2)CC1.CCC.Cc1cc(C)c(C)cc1C. The molecule has 2 aromatic rings. The van der Waals surface area contributed by atoms with Gasteiger partial charge in [-0.2, -0.15) is 0 Å². The van der Waals surface area contributed by atoms with Gasteiger partial charge in [0.25, 0.3) is 0 Å². The van der Waals surface area contributed by atoms with Gasteiger partial charge in [0.05, 0.1) is 36.2 Å². The molecule has 0 unspecified atom stereocenters. The number of rotatable bonds is 6. The Labute approximate surface area is 219 Å². The number of piperidine rings is 1. The lowest BCUT2D eigenvalue weighted by Crippen LogP contribution is -3.13. The third-order valence-electron chi connectivity index (χ3n) is 6.34. The Morgan fingerprint density at radius 2 is 1.41 bits per heavy atom. The standard InChI is InChI=1S/C17H24Cl2N2.C10H14.C3H8/c1-13(2)20-7-10-21-8-5-14(6-9-21)11-15-3-4-16(18)17(19)12-15;1-7-5-9(3)10(4)6-8(7)2;1-3-2/h3-4,12,14,20H,1,5-11H2,2H3;5-6H,1-4H3;3H2,1-2H3/p+1. The van der Waals surface area contributed by atoms with Crippen molar-refractivity contribution in [3.8, 4) is 0 Å². The molecule has 1 heterocycles. The van der Waals surface area contributed by atoms with Gasteiger partial charge in [-0.15, -0.1) is 0 Å². The van der Waals surface area contributed by atoms with Gasteiger partial charge >= 0.3 is 0 Å². The second kappa shape index (κ2) is 16.2. The lowest BCUT2D eigenvalue weighted by Gasteiger charge is -2.29. The number of hydrogen-bond acceptors (Lipinski definition) is 1. The number of allylic oxidation sites excluding steroid dienone is 1. The van der Waals surface area contributed by atoms with Crippen molar-refractivity contribution in [1.82, 2.24) is 5.32 Å². The average molecular weight is 507 g/mol. The monoisotopic (exact) mass is 505 g/mol. The van der Waals surface area contributed by atoms with Crippen molar-refractivity contribution in [2.45, 2.75) is 74.1 Å². The summed E-state index contributed by atoms with van der Waals surface area (Å²) in [5, 5.41) is 4.63. The highest BCUT2D eigenvalue weighted by Crippen LogP contribution is 2.25. The third kappa shape index (κ3) is 11.8. The van der Waals surface area contributed by atoms with Gasteiger partial charge in [-0.1, -0.05) is 68.2 Å². The van der Waals surface area contributed by atoms with E-state index in [0.717, 1.165) is 24.6 Å². The van der Waals surface area contributed by atoms with E-state index in [9.17, 15) is 0 Å². The van der Waals surface area contributed by atoms with Gasteiger partial charge in [-0.25, -0.2) is 0 Å². The van der Waals surface area contributed by atoms with Crippen molar-refractivity contribution in [2.24, 2.45) is 5.92 Å². The largest absolute Gasteiger partial charge is 0.383 e. The maximum Gasteiger partial charge on any atom is 0.0946 e. The molecule has 1 aliphatic heterocycles. The smallest absolute Gasteiger partial charge is 0.0946 e. The highest BCUT2D eigenvalue weighted by atomic mass is 35.5. The van der Waals surface area contributed by atoms with Gasteiger partial charge in [0, 0.05) is 5.70 Å². The summed E-state index contributed by atoms with van der Waals surface area (Å²) in [5.41, 5.74) is 7.93. The number of halogens is 2. The molecule has 0 aliphatic carbocycles. The summed E-state index contributed by atoms with van der Waals surface area (Å²) in [5.74, 6) is 0.778. The van der Waals surface area contributed by atoms with E-state index in [-0.39, 0.29) is 0 Å². The maximum atomic E-state index is 6.09. The number of quaternary nitrogens is 1. The average Bonchev–Trinajstić information content (AvgIpc) is 2.77. The van der Waals surface area contributed by atoms with Crippen LogP contribution < -0.4 is 10.2 Å². The van der Waals surface area contributed by atoms with Crippen molar-refractivity contribution in [1.29, 1.82) is 0 Å². The van der Waals surface area contributed by atoms with E-state index in [1.54, 1.807) is 4.90 Å². The minimum Gasteiger partial charge on any atom is -0.383 e. The third-order valence-corrected chi connectivity index (χ3v) is 7.08. The minimum absolute atomic E-state index is 0.643. The van der Waals surface area contributed by atoms with Gasteiger partial charge in [0.2, 0.25) is 0 Å². The zero-order valence-electron chi connectivity index (χ0n) is 22.6. The number of hydrogen-bond donors (Lipinski definition) is 2. The van der Waals surface area contributed by atoms with Crippen LogP contribution in [0.4, 0.5) is 0 Å². The molecule has 0 atom stereocenters. The highest BCUT2D eigenvalue weighted by molar-refractivity contribution is 6.42. The molecule has 0 saturated carbocycles. The van der Waals surface area contributed by atoms with E-state index < -0.39 is 0 Å². The number of likely N-dealkylation sites (tertiary alicyclic amines) is 1. The van der Waals surface area contributed by atoms with Crippen molar-refractivity contribution in [3.63, 3.8) is 0 Å². The van der Waals surface area contributed by atoms with Gasteiger partial charge in [-0.3, -0.25) is 0 Å². The fraction of sp³-hybridized carbons (Fsp3) is 0.533. The van der Waals surface area contributed by atoms with E-state index in [4.69, 9.17) is 23.2 Å². The Hall–Kier alpha value is -1.48. The molecule has 0 amide bonds. The number of aryl methyl sites for hydroxylation is 4. The van der Waals surface area contributed by atoms with Crippen LogP contribution in [0.3, 0.4) is 0 Å². The molecule has 0 aromatic heterocycles. The Morgan fingerprint density at radius 3 is 1.85 bits per heavy atom. The summed E-state index contributed by atoms with van der Waals surface area (Å²) in [4.78, 5) is 1.70. The van der Waals surface area contributed by atoms with Crippen LogP contribution in [0.25, 0.3) is 0 Å². The van der Waals surface area contributed by atoms with Crippen LogP contribution in [0, 0.1) is 33.6 Å². The molecule has 2 aromatic carbocycles. The lowest BCUT2D eigenvalue weighted by molar-refractivity contribution is -0.905. The molecular formula is C30H47Cl2N2+. The lowest BCUT2D eigenvalue weighted by atomic mass is 9.90. The van der Waals surface area contributed by atoms with Gasteiger partial charge < -0.3 is 10.2 Å². The molecule has 2 N–H and O–H groups in total. The summed E-state index contributed by atoms with van der Waals surface area (Å²) in [6, 6.07) is 10.5. The first-order valence-electron chi connectivity index (χ1n) is 12.8. The molecule has 34 heavy (non-hydrogen) atoms. The molecule has 2 nitrogen and oxygen atoms in total. The molecule has 4 heteroatoms. The van der Waals surface area contributed by atoms with Gasteiger partial charge in [0.1, 0.15) is 0 Å². The highest BCUT2D eigenvalue weighted by Gasteiger charge is 2.22. The minimum atomic E-state index is 0.643. The fourth-order valence-corrected chi connectivity index (χ4v) is 4.42. The molecule has 3 rings (SSSR count). The summed E-state index contributed by atoms with van der Waals surface area (Å²) < 4.78 is 0. The summed E-state index contributed by atoms with van der Waals surface area (Å²) in [6.07, 6.45) is 4.96. The normalized spacial score (nSPS) is 17.1. The Kier molecular flexibility index (Phi) is 14.6. The van der Waals surface area contributed by atoms with Crippen LogP contribution in [0.5, 0.6) is 0 Å². The first-order chi connectivity index (χ1) is 16.1. The van der Waals surface area contributed by atoms with Crippen molar-refractivity contribution >= 4 is 23.2 Å². The maximum absolute atomic E-state index is 6.09. The molecule has 0 spiro atoms. The van der Waals surface area contributed by atoms with E-state index in [2.05, 4.69) is 71.6 Å². The Bertz CT molecular complexity index is 833. The first kappa shape index (κ1) is 30.6. The first-order valence-corrected chi connectivity index (χ1v) is 13.5. The van der Waals surface area contributed by atoms with Crippen LogP contribution in [0.2, 0.25) is 10.0 Å². The molecule has 190 valence electrons. The van der Waals surface area contributed by atoms with Crippen LogP contribution in [-0.4, -0.2) is 26.2 Å². The van der Waals surface area contributed by atoms with E-state index >= 15 is 0 Å². The summed E-state index contributed by atoms with van der Waals surface area (Å²) in [6.45, 7) is 23.5. The summed E-state index contributed by atoms with van der Waals surface area (Å²) in [7, 11) is 0. The van der Waals surface area contributed by atoms with Crippen molar-refractivity contribution < 1.29 is 4.90 Å². The van der Waals surface area contributed by atoms with Crippen LogP contribution in [0.15, 0.2) is 42.6 Å². The second-order valence-electron chi connectivity index (χ2n) is 9.83. The molecule has 1 aliphatic rings. The fourth-order valence-electron chi connectivity index (χ4n) is 4.10. The zero-order chi connectivity index (χ0) is 25.7. The summed E-state index contributed by atoms with van der Waals surface area (Å²) >= 11 is 12.1. The van der Waals surface area contributed by atoms with E-state index in [0.29, 0.717) is 10.0 Å². The predicted octanol–water partition coefficient (Wildman–Crippen LogP) is 7.29. The topological polar surface area (TPSA) is 16.5 Å². The van der Waals surface area contributed by atoms with Gasteiger partial charge in [-0.05, 0) is 99.7 Å². The molecule has 1 fully saturated rings. The Morgan fingerprint density at radius 1 is 0.912 bits per heavy atom. The van der Waals surface area contributed by atoms with E-state index in [1.165, 1.54) is 66.7 Å². The number of nitrogens with one attached hydrogen (secondary N) is 2.